The number of rotatable bonds is 27. The number of benzene rings is 6. The van der Waals surface area contributed by atoms with Crippen molar-refractivity contribution in [2.45, 2.75) is 106 Å². The zero-order valence-corrected chi connectivity index (χ0v) is 58.4. The van der Waals surface area contributed by atoms with Gasteiger partial charge in [-0.3, -0.25) is 24.1 Å². The maximum absolute atomic E-state index is 14.3. The van der Waals surface area contributed by atoms with Crippen LogP contribution in [0, 0.1) is 5.82 Å². The number of methoxy groups -OCH3 is 1. The SMILES string of the molecule is COc1cc(N(C)CCCCCC(=O)N(C)CCN2CCC(N(C(=O)O)c3ccccc3-c3ccccc3)CC2)c(Cl)cc1C(=O)N(C)CCCN(C)C(=O)CO[C@H]1Cc2ccccc2C12CCN(CC[C@]1(c3ccc(F)cc3)CN(C(=O)c3cc(C(F)(F)F)cc(C(F)(F)F)c3)CO1)CC2. The average molecular weight is 1430 g/mol. The fourth-order valence-electron chi connectivity index (χ4n) is 14.7. The molecule has 3 fully saturated rings. The monoisotopic (exact) mass is 1420 g/mol. The van der Waals surface area contributed by atoms with Crippen LogP contribution in [0.15, 0.2) is 133 Å². The number of nitrogens with zero attached hydrogens (tertiary/aromatic N) is 8. The Labute approximate surface area is 590 Å². The molecule has 25 heteroatoms. The normalized spacial score (nSPS) is 18.0. The zero-order chi connectivity index (χ0) is 72.4. The molecule has 10 rings (SSSR count). The van der Waals surface area contributed by atoms with Crippen molar-refractivity contribution in [2.24, 2.45) is 0 Å². The Kier molecular flexibility index (Phi) is 24.5. The highest BCUT2D eigenvalue weighted by atomic mass is 35.5. The van der Waals surface area contributed by atoms with Gasteiger partial charge in [0.15, 0.2) is 0 Å². The number of amides is 5. The Morgan fingerprint density at radius 2 is 1.31 bits per heavy atom. The summed E-state index contributed by atoms with van der Waals surface area (Å²) in [6.07, 6.45) is -4.92. The van der Waals surface area contributed by atoms with Gasteiger partial charge in [0, 0.05) is 116 Å². The zero-order valence-electron chi connectivity index (χ0n) is 57.6. The maximum atomic E-state index is 14.3. The van der Waals surface area contributed by atoms with Crippen molar-refractivity contribution in [2.75, 3.05) is 130 Å². The number of fused-ring (bicyclic) bond motifs is 2. The smallest absolute Gasteiger partial charge is 0.416 e. The summed E-state index contributed by atoms with van der Waals surface area (Å²) in [7, 11) is 8.61. The number of piperidine rings is 2. The lowest BCUT2D eigenvalue weighted by molar-refractivity contribution is -0.143. The summed E-state index contributed by atoms with van der Waals surface area (Å²) in [5, 5.41) is 10.8. The molecule has 3 saturated heterocycles. The summed E-state index contributed by atoms with van der Waals surface area (Å²) >= 11 is 6.87. The molecule has 6 aromatic rings. The third kappa shape index (κ3) is 18.0. The minimum absolute atomic E-state index is 0.0326. The van der Waals surface area contributed by atoms with Gasteiger partial charge >= 0.3 is 18.4 Å². The molecule has 5 amide bonds. The number of hydrogen-bond donors (Lipinski definition) is 1. The van der Waals surface area contributed by atoms with Crippen LogP contribution in [-0.4, -0.2) is 197 Å². The summed E-state index contributed by atoms with van der Waals surface area (Å²) in [4.78, 5) is 81.4. The highest BCUT2D eigenvalue weighted by molar-refractivity contribution is 6.33. The van der Waals surface area contributed by atoms with E-state index in [0.29, 0.717) is 144 Å². The van der Waals surface area contributed by atoms with Crippen molar-refractivity contribution in [3.05, 3.63) is 183 Å². The van der Waals surface area contributed by atoms with Crippen molar-refractivity contribution in [3.8, 4) is 16.9 Å². The molecule has 3 heterocycles. The molecule has 0 radical (unpaired) electrons. The number of carbonyl (C=O) groups excluding carboxylic acids is 4. The number of likely N-dealkylation sites (tertiary alicyclic amines) is 2. The number of unbranched alkanes of at least 4 members (excludes halogenated alkanes) is 2. The summed E-state index contributed by atoms with van der Waals surface area (Å²) in [5.41, 5.74) is 0.513. The first-order valence-corrected chi connectivity index (χ1v) is 34.7. The van der Waals surface area contributed by atoms with Gasteiger partial charge in [-0.25, -0.2) is 9.18 Å². The number of anilines is 2. The lowest BCUT2D eigenvalue weighted by atomic mass is 9.72. The second-order valence-corrected chi connectivity index (χ2v) is 27.4. The first-order valence-electron chi connectivity index (χ1n) is 34.3. The number of likely N-dealkylation sites (N-methyl/N-ethyl adjacent to an activating group) is 2. The standard InChI is InChI=1S/C76H88ClF7N8O9/c1-85(33-15-7-10-23-68(93)87(3)41-42-89-36-28-59(29-37-89)92(72(97)98)64-22-14-12-20-60(64)52-17-8-6-9-18-52)65-48-66(99-5)61(47-63(65)77)71(96)88(4)35-16-34-86(2)69(94)49-100-67-45-53-19-11-13-21-62(53)73(67)30-38-90(39-31-73)40-32-74(55-24-26-58(78)27-25-55)50-91(51-101-74)70(95)54-43-56(75(79,80)81)46-57(44-54)76(82,83)84/h6,8-9,11-14,17-22,24-27,43-44,46-48,59,67H,7,10,15-16,23,28-42,45,49-51H2,1-5H3,(H,97,98)/t67-,74+/m0/s1. The minimum atomic E-state index is -5.16. The predicted molar refractivity (Wildman–Crippen MR) is 372 cm³/mol. The molecule has 0 aromatic heterocycles. The number of carboxylic acid groups (broad SMARTS) is 1. The first-order chi connectivity index (χ1) is 48.2. The quantitative estimate of drug-likeness (QED) is 0.0385. The molecule has 2 atom stereocenters. The largest absolute Gasteiger partial charge is 0.496 e. The second-order valence-electron chi connectivity index (χ2n) is 27.0. The molecular formula is C76H88ClF7N8O9. The number of carbonyl (C=O) groups is 5. The molecule has 1 N–H and O–H groups in total. The summed E-state index contributed by atoms with van der Waals surface area (Å²) < 4.78 is 116. The number of halogens is 8. The van der Waals surface area contributed by atoms with Crippen LogP contribution in [0.4, 0.5) is 46.9 Å². The van der Waals surface area contributed by atoms with Gasteiger partial charge in [-0.2, -0.15) is 26.3 Å². The molecule has 4 aliphatic rings. The molecular weight excluding hydrogens is 1340 g/mol. The van der Waals surface area contributed by atoms with Gasteiger partial charge in [0.05, 0.1) is 52.8 Å². The van der Waals surface area contributed by atoms with E-state index >= 15 is 0 Å². The topological polar surface area (TPSA) is 159 Å². The van der Waals surface area contributed by atoms with Crippen LogP contribution in [0.5, 0.6) is 5.75 Å². The highest BCUT2D eigenvalue weighted by Gasteiger charge is 2.50. The summed E-state index contributed by atoms with van der Waals surface area (Å²) in [6, 6.07) is 34.9. The highest BCUT2D eigenvalue weighted by Crippen LogP contribution is 2.49. The van der Waals surface area contributed by atoms with E-state index in [0.717, 1.165) is 53.1 Å². The van der Waals surface area contributed by atoms with Crippen molar-refractivity contribution in [3.63, 3.8) is 0 Å². The number of alkyl halides is 6. The van der Waals surface area contributed by atoms with E-state index in [1.165, 1.54) is 36.3 Å². The Hall–Kier alpha value is -8.29. The number of hydrogen-bond acceptors (Lipinski definition) is 11. The van der Waals surface area contributed by atoms with Gasteiger partial charge in [-0.1, -0.05) is 103 Å². The molecule has 542 valence electrons. The van der Waals surface area contributed by atoms with Gasteiger partial charge in [0.1, 0.15) is 30.5 Å². The van der Waals surface area contributed by atoms with Gasteiger partial charge in [0.2, 0.25) is 11.8 Å². The molecule has 0 unspecified atom stereocenters. The summed E-state index contributed by atoms with van der Waals surface area (Å²) in [5.74, 6) is -1.73. The molecule has 3 aliphatic heterocycles. The fourth-order valence-corrected chi connectivity index (χ4v) is 15.0. The molecule has 17 nitrogen and oxygen atoms in total. The van der Waals surface area contributed by atoms with Gasteiger partial charge in [-0.05, 0) is 136 Å². The van der Waals surface area contributed by atoms with Crippen LogP contribution in [0.25, 0.3) is 11.1 Å². The van der Waals surface area contributed by atoms with E-state index in [-0.39, 0.29) is 61.1 Å². The van der Waals surface area contributed by atoms with Gasteiger partial charge in [0.25, 0.3) is 11.8 Å². The van der Waals surface area contributed by atoms with E-state index in [9.17, 15) is 59.8 Å². The van der Waals surface area contributed by atoms with E-state index in [4.69, 9.17) is 25.8 Å². The van der Waals surface area contributed by atoms with Crippen LogP contribution in [0.1, 0.15) is 113 Å². The van der Waals surface area contributed by atoms with E-state index < -0.39 is 64.6 Å². The van der Waals surface area contributed by atoms with Crippen LogP contribution >= 0.6 is 11.6 Å². The van der Waals surface area contributed by atoms with Crippen molar-refractivity contribution < 1.29 is 74.0 Å². The Morgan fingerprint density at radius 1 is 0.673 bits per heavy atom. The lowest BCUT2D eigenvalue weighted by Gasteiger charge is -2.44. The van der Waals surface area contributed by atoms with Crippen LogP contribution in [0.2, 0.25) is 5.02 Å². The molecule has 1 spiro atoms. The first kappa shape index (κ1) is 75.4. The molecule has 1 aliphatic carbocycles. The van der Waals surface area contributed by atoms with Crippen LogP contribution in [-0.2, 0) is 48.9 Å². The Morgan fingerprint density at radius 3 is 1.98 bits per heavy atom. The number of ether oxygens (including phenoxy) is 3. The predicted octanol–water partition coefficient (Wildman–Crippen LogP) is 13.6. The Balaban J connectivity index is 0.645. The van der Waals surface area contributed by atoms with Crippen molar-refractivity contribution >= 4 is 52.7 Å². The van der Waals surface area contributed by atoms with Crippen LogP contribution < -0.4 is 14.5 Å². The average Bonchev–Trinajstić information content (AvgIpc) is 1.59. The fraction of sp³-hybridized carbons (Fsp3) is 0.461. The third-order valence-electron chi connectivity index (χ3n) is 20.6. The Bertz CT molecular complexity index is 3840. The van der Waals surface area contributed by atoms with E-state index in [1.807, 2.05) is 85.7 Å². The second kappa shape index (κ2) is 32.8. The number of para-hydroxylation sites is 1. The molecule has 101 heavy (non-hydrogen) atoms. The van der Waals surface area contributed by atoms with E-state index in [2.05, 4.69) is 21.9 Å². The van der Waals surface area contributed by atoms with E-state index in [1.54, 1.807) is 40.9 Å². The van der Waals surface area contributed by atoms with Crippen LogP contribution in [0.3, 0.4) is 0 Å². The molecule has 6 aromatic carbocycles. The minimum Gasteiger partial charge on any atom is -0.496 e. The van der Waals surface area contributed by atoms with Crippen molar-refractivity contribution in [1.29, 1.82) is 0 Å². The molecule has 0 bridgehead atoms. The van der Waals surface area contributed by atoms with Gasteiger partial charge in [-0.15, -0.1) is 0 Å². The third-order valence-corrected chi connectivity index (χ3v) is 20.9. The summed E-state index contributed by atoms with van der Waals surface area (Å²) in [6.45, 7) is 4.76. The van der Waals surface area contributed by atoms with Gasteiger partial charge < -0.3 is 53.6 Å². The maximum Gasteiger partial charge on any atom is 0.416 e. The van der Waals surface area contributed by atoms with Crippen molar-refractivity contribution in [1.82, 2.24) is 29.4 Å². The molecule has 0 saturated carbocycles. The lowest BCUT2D eigenvalue weighted by Crippen LogP contribution is -2.50.